The Morgan fingerprint density at radius 1 is 1.30 bits per heavy atom. The topological polar surface area (TPSA) is 55.6 Å². The van der Waals surface area contributed by atoms with Crippen LogP contribution in [0.25, 0.3) is 5.65 Å². The number of hydrogen-bond donors (Lipinski definition) is 1. The van der Waals surface area contributed by atoms with Crippen LogP contribution >= 0.6 is 11.6 Å². The molecule has 5 nitrogen and oxygen atoms in total. The molecule has 2 aromatic heterocycles. The van der Waals surface area contributed by atoms with Crippen LogP contribution in [-0.2, 0) is 12.6 Å². The molecule has 0 saturated heterocycles. The van der Waals surface area contributed by atoms with Gasteiger partial charge in [0.25, 0.3) is 5.91 Å². The zero-order valence-electron chi connectivity index (χ0n) is 14.4. The first-order valence-corrected chi connectivity index (χ1v) is 8.35. The lowest BCUT2D eigenvalue weighted by molar-refractivity contribution is -0.137. The number of nitrogens with zero attached hydrogens (tertiary/aromatic N) is 2. The summed E-state index contributed by atoms with van der Waals surface area (Å²) in [6, 6.07) is 6.83. The van der Waals surface area contributed by atoms with E-state index >= 15 is 0 Å². The normalized spacial score (nSPS) is 11.6. The maximum atomic E-state index is 13.0. The Kier molecular flexibility index (Phi) is 5.01. The van der Waals surface area contributed by atoms with E-state index in [4.69, 9.17) is 16.3 Å². The van der Waals surface area contributed by atoms with Crippen molar-refractivity contribution in [2.45, 2.75) is 19.5 Å². The monoisotopic (exact) mass is 397 g/mol. The van der Waals surface area contributed by atoms with E-state index < -0.39 is 17.6 Å². The minimum Gasteiger partial charge on any atom is -0.495 e. The lowest BCUT2D eigenvalue weighted by atomic mass is 10.2. The number of amides is 1. The number of hydrogen-bond acceptors (Lipinski definition) is 3. The zero-order valence-corrected chi connectivity index (χ0v) is 15.1. The van der Waals surface area contributed by atoms with E-state index in [0.717, 1.165) is 16.7 Å². The van der Waals surface area contributed by atoms with E-state index in [9.17, 15) is 18.0 Å². The predicted octanol–water partition coefficient (Wildman–Crippen LogP) is 4.83. The maximum absolute atomic E-state index is 13.0. The Hall–Kier alpha value is -2.74. The van der Waals surface area contributed by atoms with Gasteiger partial charge >= 0.3 is 6.18 Å². The average molecular weight is 398 g/mol. The van der Waals surface area contributed by atoms with Crippen LogP contribution in [0.4, 0.5) is 18.9 Å². The Morgan fingerprint density at radius 3 is 2.63 bits per heavy atom. The number of alkyl halides is 3. The van der Waals surface area contributed by atoms with Crippen LogP contribution in [0.5, 0.6) is 5.75 Å². The number of aromatic nitrogens is 2. The number of pyridine rings is 1. The van der Waals surface area contributed by atoms with Gasteiger partial charge in [0.1, 0.15) is 17.1 Å². The summed E-state index contributed by atoms with van der Waals surface area (Å²) in [4.78, 5) is 17.0. The highest BCUT2D eigenvalue weighted by molar-refractivity contribution is 6.32. The molecule has 1 N–H and O–H groups in total. The third-order valence-electron chi connectivity index (χ3n) is 3.98. The number of halogens is 4. The molecule has 27 heavy (non-hydrogen) atoms. The fourth-order valence-corrected chi connectivity index (χ4v) is 2.94. The van der Waals surface area contributed by atoms with Gasteiger partial charge in [-0.05, 0) is 36.8 Å². The minimum absolute atomic E-state index is 0.0468. The number of methoxy groups -OCH3 is 1. The summed E-state index contributed by atoms with van der Waals surface area (Å²) in [5.41, 5.74) is 0.223. The summed E-state index contributed by atoms with van der Waals surface area (Å²) in [6.45, 7) is 1.77. The summed E-state index contributed by atoms with van der Waals surface area (Å²) >= 11 is 6.04. The summed E-state index contributed by atoms with van der Waals surface area (Å²) in [6.07, 6.45) is -3.27. The van der Waals surface area contributed by atoms with Crippen molar-refractivity contribution < 1.29 is 22.7 Å². The van der Waals surface area contributed by atoms with Crippen molar-refractivity contribution in [3.63, 3.8) is 0 Å². The van der Waals surface area contributed by atoms with E-state index in [1.54, 1.807) is 19.1 Å². The number of ether oxygens (including phenoxy) is 1. The van der Waals surface area contributed by atoms with E-state index in [2.05, 4.69) is 10.3 Å². The molecule has 0 atom stereocenters. The van der Waals surface area contributed by atoms with Gasteiger partial charge in [-0.25, -0.2) is 4.98 Å². The second-order valence-corrected chi connectivity index (χ2v) is 6.12. The molecule has 0 aliphatic heterocycles. The predicted molar refractivity (Wildman–Crippen MR) is 95.5 cm³/mol. The van der Waals surface area contributed by atoms with Crippen LogP contribution in [0.3, 0.4) is 0 Å². The highest BCUT2D eigenvalue weighted by Gasteiger charge is 2.31. The molecule has 0 unspecified atom stereocenters. The lowest BCUT2D eigenvalue weighted by Crippen LogP contribution is -2.17. The molecule has 0 spiro atoms. The molecule has 0 aliphatic carbocycles. The molecule has 0 saturated carbocycles. The maximum Gasteiger partial charge on any atom is 0.417 e. The van der Waals surface area contributed by atoms with E-state index in [-0.39, 0.29) is 11.3 Å². The fourth-order valence-electron chi connectivity index (χ4n) is 2.68. The molecule has 3 rings (SSSR count). The van der Waals surface area contributed by atoms with Gasteiger partial charge in [0.2, 0.25) is 0 Å². The third-order valence-corrected chi connectivity index (χ3v) is 4.27. The molecule has 9 heteroatoms. The van der Waals surface area contributed by atoms with E-state index in [1.165, 1.54) is 19.2 Å². The molecular formula is C18H15ClF3N3O2. The van der Waals surface area contributed by atoms with Crippen molar-refractivity contribution in [1.29, 1.82) is 0 Å². The zero-order chi connectivity index (χ0) is 19.8. The van der Waals surface area contributed by atoms with Crippen LogP contribution in [-0.4, -0.2) is 22.4 Å². The molecular weight excluding hydrogens is 383 g/mol. The number of carbonyl (C=O) groups is 1. The summed E-state index contributed by atoms with van der Waals surface area (Å²) < 4.78 is 45.3. The lowest BCUT2D eigenvalue weighted by Gasteiger charge is -2.10. The first kappa shape index (κ1) is 19.0. The summed E-state index contributed by atoms with van der Waals surface area (Å²) in [5.74, 6) is -0.145. The van der Waals surface area contributed by atoms with Crippen LogP contribution in [0.15, 0.2) is 36.5 Å². The van der Waals surface area contributed by atoms with Crippen molar-refractivity contribution in [3.05, 3.63) is 58.5 Å². The summed E-state index contributed by atoms with van der Waals surface area (Å²) in [7, 11) is 1.46. The minimum atomic E-state index is -4.53. The molecule has 2 heterocycles. The molecule has 142 valence electrons. The van der Waals surface area contributed by atoms with Gasteiger partial charge in [-0.15, -0.1) is 0 Å². The quantitative estimate of drug-likeness (QED) is 0.686. The van der Waals surface area contributed by atoms with Gasteiger partial charge < -0.3 is 10.1 Å². The molecule has 0 aliphatic rings. The van der Waals surface area contributed by atoms with Gasteiger partial charge in [0.15, 0.2) is 0 Å². The van der Waals surface area contributed by atoms with Crippen LogP contribution in [0, 0.1) is 0 Å². The average Bonchev–Trinajstić information content (AvgIpc) is 2.99. The van der Waals surface area contributed by atoms with Gasteiger partial charge in [0.05, 0.1) is 23.4 Å². The van der Waals surface area contributed by atoms with Gasteiger partial charge in [-0.2, -0.15) is 13.2 Å². The molecule has 0 bridgehead atoms. The fraction of sp³-hybridized carbons (Fsp3) is 0.222. The van der Waals surface area contributed by atoms with Crippen molar-refractivity contribution in [1.82, 2.24) is 9.38 Å². The van der Waals surface area contributed by atoms with Gasteiger partial charge in [-0.3, -0.25) is 9.20 Å². The standard InChI is InChI=1S/C18H15ClF3N3O2/c1-3-13-16(17(26)23-11-5-6-14(27-2)12(19)8-11)25-9-10(18(20,21)22)4-7-15(25)24-13/h4-9H,3H2,1-2H3,(H,23,26). The number of anilines is 1. The smallest absolute Gasteiger partial charge is 0.417 e. The molecule has 0 fully saturated rings. The Labute approximate surface area is 157 Å². The van der Waals surface area contributed by atoms with Crippen LogP contribution in [0.2, 0.25) is 5.02 Å². The summed E-state index contributed by atoms with van der Waals surface area (Å²) in [5, 5.41) is 2.94. The number of fused-ring (bicyclic) bond motifs is 1. The Balaban J connectivity index is 2.03. The van der Waals surface area contributed by atoms with E-state index in [1.807, 2.05) is 0 Å². The van der Waals surface area contributed by atoms with Crippen LogP contribution < -0.4 is 10.1 Å². The Bertz CT molecular complexity index is 1010. The molecule has 1 aromatic carbocycles. The van der Waals surface area contributed by atoms with Crippen molar-refractivity contribution in [2.75, 3.05) is 12.4 Å². The number of nitrogens with one attached hydrogen (secondary N) is 1. The Morgan fingerprint density at radius 2 is 2.04 bits per heavy atom. The van der Waals surface area contributed by atoms with Gasteiger partial charge in [-0.1, -0.05) is 18.5 Å². The number of carbonyl (C=O) groups excluding carboxylic acids is 1. The highest BCUT2D eigenvalue weighted by Crippen LogP contribution is 2.31. The highest BCUT2D eigenvalue weighted by atomic mass is 35.5. The number of rotatable bonds is 4. The SMILES string of the molecule is CCc1nc2ccc(C(F)(F)F)cn2c1C(=O)Nc1ccc(OC)c(Cl)c1. The number of aryl methyl sites for hydroxylation is 1. The molecule has 1 amide bonds. The first-order valence-electron chi connectivity index (χ1n) is 7.97. The number of benzene rings is 1. The van der Waals surface area contributed by atoms with Crippen LogP contribution in [0.1, 0.15) is 28.7 Å². The second-order valence-electron chi connectivity index (χ2n) is 5.71. The largest absolute Gasteiger partial charge is 0.495 e. The molecule has 3 aromatic rings. The molecule has 0 radical (unpaired) electrons. The third kappa shape index (κ3) is 3.71. The number of imidazole rings is 1. The van der Waals surface area contributed by atoms with E-state index in [0.29, 0.717) is 28.6 Å². The van der Waals surface area contributed by atoms with Gasteiger partial charge in [0, 0.05) is 11.9 Å². The van der Waals surface area contributed by atoms with Crippen molar-refractivity contribution >= 4 is 28.8 Å². The van der Waals surface area contributed by atoms with Crippen molar-refractivity contribution in [2.24, 2.45) is 0 Å². The second kappa shape index (κ2) is 7.11. The van der Waals surface area contributed by atoms with Crippen molar-refractivity contribution in [3.8, 4) is 5.75 Å². The first-order chi connectivity index (χ1) is 12.7.